The molecule has 1 aromatic rings. The number of benzene rings is 1. The van der Waals surface area contributed by atoms with Crippen LogP contribution in [0.3, 0.4) is 0 Å². The van der Waals surface area contributed by atoms with Crippen LogP contribution in [0.25, 0.3) is 0 Å². The normalized spacial score (nSPS) is 36.5. The molecule has 3 aliphatic carbocycles. The summed E-state index contributed by atoms with van der Waals surface area (Å²) in [4.78, 5) is 12.4. The Balaban J connectivity index is 1.73. The van der Waals surface area contributed by atoms with Gasteiger partial charge in [0.1, 0.15) is 11.5 Å². The van der Waals surface area contributed by atoms with Crippen LogP contribution in [0.15, 0.2) is 12.1 Å². The van der Waals surface area contributed by atoms with Crippen molar-refractivity contribution in [2.75, 3.05) is 7.11 Å². The first kappa shape index (κ1) is 14.3. The highest BCUT2D eigenvalue weighted by Gasteiger charge is 2.54. The number of hydrogen-bond acceptors (Lipinski definition) is 2. The van der Waals surface area contributed by atoms with Crippen molar-refractivity contribution >= 4 is 5.78 Å². The molecule has 0 unspecified atom stereocenters. The molecule has 0 N–H and O–H groups in total. The number of carbonyl (C=O) groups excluding carboxylic acids is 1. The molecule has 0 heterocycles. The van der Waals surface area contributed by atoms with Crippen LogP contribution in [0.4, 0.5) is 0 Å². The lowest BCUT2D eigenvalue weighted by Gasteiger charge is -2.48. The van der Waals surface area contributed by atoms with Crippen molar-refractivity contribution in [3.05, 3.63) is 28.8 Å². The lowest BCUT2D eigenvalue weighted by Crippen LogP contribution is -2.42. The van der Waals surface area contributed by atoms with Gasteiger partial charge in [-0.3, -0.25) is 4.79 Å². The van der Waals surface area contributed by atoms with Crippen LogP contribution >= 0.6 is 0 Å². The van der Waals surface area contributed by atoms with E-state index in [0.717, 1.165) is 31.4 Å². The third kappa shape index (κ3) is 1.82. The fourth-order valence-corrected chi connectivity index (χ4v) is 5.70. The summed E-state index contributed by atoms with van der Waals surface area (Å²) < 4.78 is 5.50. The molecule has 22 heavy (non-hydrogen) atoms. The maximum Gasteiger partial charge on any atom is 0.139 e. The van der Waals surface area contributed by atoms with E-state index in [-0.39, 0.29) is 5.41 Å². The smallest absolute Gasteiger partial charge is 0.139 e. The van der Waals surface area contributed by atoms with Gasteiger partial charge in [0.05, 0.1) is 7.11 Å². The predicted molar refractivity (Wildman–Crippen MR) is 87.4 cm³/mol. The second-order valence-electron chi connectivity index (χ2n) is 7.85. The summed E-state index contributed by atoms with van der Waals surface area (Å²) in [5.41, 5.74) is 4.27. The number of fused-ring (bicyclic) bond motifs is 5. The Morgan fingerprint density at radius 2 is 2.00 bits per heavy atom. The molecule has 118 valence electrons. The van der Waals surface area contributed by atoms with Gasteiger partial charge in [-0.15, -0.1) is 0 Å². The van der Waals surface area contributed by atoms with Crippen LogP contribution in [0.2, 0.25) is 0 Å². The van der Waals surface area contributed by atoms with Gasteiger partial charge in [-0.25, -0.2) is 0 Å². The molecule has 2 heteroatoms. The predicted octanol–water partition coefficient (Wildman–Crippen LogP) is 4.43. The number of ketones is 1. The lowest BCUT2D eigenvalue weighted by molar-refractivity contribution is -0.129. The zero-order chi connectivity index (χ0) is 15.5. The molecule has 2 saturated carbocycles. The summed E-state index contributed by atoms with van der Waals surface area (Å²) in [5, 5.41) is 0. The zero-order valence-corrected chi connectivity index (χ0v) is 13.9. The second kappa shape index (κ2) is 4.84. The van der Waals surface area contributed by atoms with Crippen molar-refractivity contribution in [2.45, 2.75) is 58.3 Å². The van der Waals surface area contributed by atoms with Crippen molar-refractivity contribution < 1.29 is 9.53 Å². The van der Waals surface area contributed by atoms with Gasteiger partial charge in [-0.1, -0.05) is 13.0 Å². The Labute approximate surface area is 133 Å². The topological polar surface area (TPSA) is 26.3 Å². The molecule has 4 rings (SSSR count). The first-order chi connectivity index (χ1) is 10.5. The molecule has 0 aliphatic heterocycles. The van der Waals surface area contributed by atoms with Crippen LogP contribution in [-0.4, -0.2) is 12.9 Å². The highest BCUT2D eigenvalue weighted by molar-refractivity contribution is 5.87. The van der Waals surface area contributed by atoms with E-state index in [1.807, 2.05) is 0 Å². The lowest BCUT2D eigenvalue weighted by atomic mass is 9.55. The quantitative estimate of drug-likeness (QED) is 0.766. The first-order valence-corrected chi connectivity index (χ1v) is 8.75. The summed E-state index contributed by atoms with van der Waals surface area (Å²) in [5.74, 6) is 3.55. The average Bonchev–Trinajstić information content (AvgIpc) is 2.82. The monoisotopic (exact) mass is 298 g/mol. The van der Waals surface area contributed by atoms with E-state index < -0.39 is 0 Å². The number of aryl methyl sites for hydroxylation is 2. The molecule has 0 spiro atoms. The van der Waals surface area contributed by atoms with Gasteiger partial charge in [0.15, 0.2) is 0 Å². The maximum atomic E-state index is 12.4. The Bertz CT molecular complexity index is 633. The van der Waals surface area contributed by atoms with Crippen LogP contribution in [-0.2, 0) is 11.2 Å². The van der Waals surface area contributed by atoms with Crippen molar-refractivity contribution in [3.8, 4) is 5.75 Å². The Hall–Kier alpha value is -1.31. The molecule has 0 bridgehead atoms. The van der Waals surface area contributed by atoms with E-state index in [1.54, 1.807) is 12.7 Å². The molecule has 2 nitrogen and oxygen atoms in total. The summed E-state index contributed by atoms with van der Waals surface area (Å²) in [7, 11) is 1.76. The van der Waals surface area contributed by atoms with Crippen molar-refractivity contribution in [1.29, 1.82) is 0 Å². The van der Waals surface area contributed by atoms with Gasteiger partial charge < -0.3 is 4.74 Å². The molecule has 2 fully saturated rings. The highest BCUT2D eigenvalue weighted by atomic mass is 16.5. The molecule has 1 aromatic carbocycles. The highest BCUT2D eigenvalue weighted by Crippen LogP contribution is 2.59. The van der Waals surface area contributed by atoms with E-state index in [2.05, 4.69) is 26.0 Å². The minimum atomic E-state index is -0.0137. The third-order valence-corrected chi connectivity index (χ3v) is 6.95. The molecule has 0 amide bonds. The van der Waals surface area contributed by atoms with E-state index in [0.29, 0.717) is 23.5 Å². The van der Waals surface area contributed by atoms with Gasteiger partial charge in [0, 0.05) is 11.8 Å². The van der Waals surface area contributed by atoms with E-state index >= 15 is 0 Å². The van der Waals surface area contributed by atoms with Crippen LogP contribution in [0.1, 0.15) is 61.6 Å². The van der Waals surface area contributed by atoms with Gasteiger partial charge in [-0.2, -0.15) is 0 Å². The van der Waals surface area contributed by atoms with Gasteiger partial charge in [0.2, 0.25) is 0 Å². The van der Waals surface area contributed by atoms with E-state index in [1.165, 1.54) is 24.0 Å². The number of ether oxygens (including phenoxy) is 1. The fraction of sp³-hybridized carbons (Fsp3) is 0.650. The van der Waals surface area contributed by atoms with Crippen molar-refractivity contribution in [1.82, 2.24) is 0 Å². The van der Waals surface area contributed by atoms with E-state index in [4.69, 9.17) is 4.74 Å². The number of carbonyl (C=O) groups is 1. The van der Waals surface area contributed by atoms with Crippen molar-refractivity contribution in [3.63, 3.8) is 0 Å². The molecular formula is C20H26O2. The van der Waals surface area contributed by atoms with Gasteiger partial charge >= 0.3 is 0 Å². The Kier molecular flexibility index (Phi) is 3.15. The summed E-state index contributed by atoms with van der Waals surface area (Å²) in [6.45, 7) is 4.40. The summed E-state index contributed by atoms with van der Waals surface area (Å²) in [6, 6.07) is 4.62. The SMILES string of the molecule is COc1cc2c(cc1C)[C@@H]1CC[C@]3(C)C(=O)CC[C@@H]3[C@H]1CC2. The standard InChI is InChI=1S/C20H26O2/c1-12-10-16-13(11-18(12)22-3)4-5-15-14(16)8-9-20(2)17(15)6-7-19(20)21/h10-11,14-15,17H,4-9H2,1-3H3/t14-,15+,17-,20+/m1/s1. The second-order valence-corrected chi connectivity index (χ2v) is 7.85. The van der Waals surface area contributed by atoms with Gasteiger partial charge in [0.25, 0.3) is 0 Å². The minimum Gasteiger partial charge on any atom is -0.496 e. The molecule has 0 aromatic heterocycles. The molecule has 3 aliphatic rings. The van der Waals surface area contributed by atoms with Crippen LogP contribution in [0, 0.1) is 24.2 Å². The number of Topliss-reactive ketones (excluding diaryl/α,β-unsaturated/α-hetero) is 1. The number of methoxy groups -OCH3 is 1. The van der Waals surface area contributed by atoms with E-state index in [9.17, 15) is 4.79 Å². The average molecular weight is 298 g/mol. The molecular weight excluding hydrogens is 272 g/mol. The third-order valence-electron chi connectivity index (χ3n) is 6.95. The first-order valence-electron chi connectivity index (χ1n) is 8.75. The number of hydrogen-bond donors (Lipinski definition) is 0. The molecule has 4 atom stereocenters. The molecule has 0 saturated heterocycles. The summed E-state index contributed by atoms with van der Waals surface area (Å²) >= 11 is 0. The Morgan fingerprint density at radius 1 is 1.18 bits per heavy atom. The van der Waals surface area contributed by atoms with Crippen molar-refractivity contribution in [2.24, 2.45) is 17.3 Å². The van der Waals surface area contributed by atoms with Gasteiger partial charge in [-0.05, 0) is 79.5 Å². The fourth-order valence-electron chi connectivity index (χ4n) is 5.70. The maximum absolute atomic E-state index is 12.4. The van der Waals surface area contributed by atoms with Crippen LogP contribution in [0.5, 0.6) is 5.75 Å². The number of rotatable bonds is 1. The molecule has 0 radical (unpaired) electrons. The summed E-state index contributed by atoms with van der Waals surface area (Å²) in [6.07, 6.45) is 6.61. The largest absolute Gasteiger partial charge is 0.496 e. The Morgan fingerprint density at radius 3 is 2.77 bits per heavy atom. The van der Waals surface area contributed by atoms with Crippen LogP contribution < -0.4 is 4.74 Å². The minimum absolute atomic E-state index is 0.0137. The zero-order valence-electron chi connectivity index (χ0n) is 13.9.